The van der Waals surface area contributed by atoms with Gasteiger partial charge in [0.25, 0.3) is 11.8 Å². The van der Waals surface area contributed by atoms with E-state index >= 15 is 0 Å². The first-order valence-electron chi connectivity index (χ1n) is 11.2. The molecular weight excluding hydrogens is 474 g/mol. The lowest BCUT2D eigenvalue weighted by Gasteiger charge is -2.08. The SMILES string of the molecule is Cc1ccc(C(=O)Nc2ccc(-c3nc4ccc(NC(=O)c5ccc(N)cc5)c(Cl)c4[nH]3)cc2)cc1. The van der Waals surface area contributed by atoms with Crippen LogP contribution in [0, 0.1) is 6.92 Å². The van der Waals surface area contributed by atoms with Gasteiger partial charge >= 0.3 is 0 Å². The molecular formula is C28H22ClN5O2. The number of benzene rings is 4. The maximum absolute atomic E-state index is 12.6. The van der Waals surface area contributed by atoms with E-state index in [0.29, 0.717) is 50.1 Å². The minimum absolute atomic E-state index is 0.174. The largest absolute Gasteiger partial charge is 0.399 e. The van der Waals surface area contributed by atoms with Crippen LogP contribution < -0.4 is 16.4 Å². The Morgan fingerprint density at radius 2 is 1.42 bits per heavy atom. The van der Waals surface area contributed by atoms with Gasteiger partial charge in [0.2, 0.25) is 0 Å². The van der Waals surface area contributed by atoms with E-state index in [0.717, 1.165) is 11.1 Å². The second-order valence-corrected chi connectivity index (χ2v) is 8.76. The van der Waals surface area contributed by atoms with E-state index in [1.165, 1.54) is 0 Å². The Balaban J connectivity index is 1.33. The van der Waals surface area contributed by atoms with Crippen molar-refractivity contribution < 1.29 is 9.59 Å². The van der Waals surface area contributed by atoms with Crippen LogP contribution in [-0.4, -0.2) is 21.8 Å². The van der Waals surface area contributed by atoms with Crippen molar-refractivity contribution >= 4 is 51.5 Å². The lowest BCUT2D eigenvalue weighted by atomic mass is 10.1. The fourth-order valence-corrected chi connectivity index (χ4v) is 3.98. The topological polar surface area (TPSA) is 113 Å². The van der Waals surface area contributed by atoms with Crippen LogP contribution in [0.5, 0.6) is 0 Å². The van der Waals surface area contributed by atoms with Crippen LogP contribution in [0.15, 0.2) is 84.9 Å². The Hall–Kier alpha value is -4.62. The van der Waals surface area contributed by atoms with E-state index < -0.39 is 0 Å². The summed E-state index contributed by atoms with van der Waals surface area (Å²) in [4.78, 5) is 32.9. The molecule has 1 heterocycles. The highest BCUT2D eigenvalue weighted by Crippen LogP contribution is 2.32. The quantitative estimate of drug-likeness (QED) is 0.215. The summed E-state index contributed by atoms with van der Waals surface area (Å²) in [6.07, 6.45) is 0. The number of nitrogens with zero attached hydrogens (tertiary/aromatic N) is 1. The zero-order valence-corrected chi connectivity index (χ0v) is 20.1. The minimum atomic E-state index is -0.292. The van der Waals surface area contributed by atoms with E-state index in [1.54, 1.807) is 48.5 Å². The van der Waals surface area contributed by atoms with Crippen molar-refractivity contribution in [3.05, 3.63) is 107 Å². The first kappa shape index (κ1) is 23.1. The number of halogens is 1. The highest BCUT2D eigenvalue weighted by Gasteiger charge is 2.14. The standard InChI is InChI=1S/C28H22ClN5O2/c1-16-2-4-18(5-3-16)27(35)31-21-12-8-17(9-13-21)26-32-23-15-14-22(24(29)25(23)34-26)33-28(36)19-6-10-20(30)11-7-19/h2-15H,30H2,1H3,(H,31,35)(H,32,34)(H,33,36). The molecule has 5 N–H and O–H groups in total. The fraction of sp³-hybridized carbons (Fsp3) is 0.0357. The van der Waals surface area contributed by atoms with Crippen molar-refractivity contribution in [3.8, 4) is 11.4 Å². The summed E-state index contributed by atoms with van der Waals surface area (Å²) >= 11 is 6.60. The molecule has 0 bridgehead atoms. The Morgan fingerprint density at radius 3 is 2.08 bits per heavy atom. The first-order chi connectivity index (χ1) is 17.4. The van der Waals surface area contributed by atoms with Gasteiger partial charge in [-0.3, -0.25) is 9.59 Å². The first-order valence-corrected chi connectivity index (χ1v) is 11.6. The molecule has 7 nitrogen and oxygen atoms in total. The fourth-order valence-electron chi connectivity index (χ4n) is 3.73. The highest BCUT2D eigenvalue weighted by molar-refractivity contribution is 6.38. The Bertz CT molecular complexity index is 1570. The molecule has 0 unspecified atom stereocenters. The summed E-state index contributed by atoms with van der Waals surface area (Å²) in [5, 5.41) is 6.08. The van der Waals surface area contributed by atoms with E-state index in [4.69, 9.17) is 17.3 Å². The molecule has 0 aliphatic carbocycles. The molecule has 2 amide bonds. The average Bonchev–Trinajstić information content (AvgIpc) is 3.32. The van der Waals surface area contributed by atoms with Crippen molar-refractivity contribution in [2.45, 2.75) is 6.92 Å². The minimum Gasteiger partial charge on any atom is -0.399 e. The molecule has 4 aromatic carbocycles. The molecule has 0 spiro atoms. The number of carbonyl (C=O) groups is 2. The number of aromatic nitrogens is 2. The van der Waals surface area contributed by atoms with Crippen molar-refractivity contribution in [1.82, 2.24) is 9.97 Å². The molecule has 0 radical (unpaired) electrons. The smallest absolute Gasteiger partial charge is 0.255 e. The summed E-state index contributed by atoms with van der Waals surface area (Å²) in [5.41, 5.74) is 11.7. The number of hydrogen-bond donors (Lipinski definition) is 4. The van der Waals surface area contributed by atoms with Gasteiger partial charge in [-0.1, -0.05) is 29.3 Å². The van der Waals surface area contributed by atoms with Crippen LogP contribution >= 0.6 is 11.6 Å². The number of anilines is 3. The average molecular weight is 496 g/mol. The lowest BCUT2D eigenvalue weighted by molar-refractivity contribution is 0.101. The van der Waals surface area contributed by atoms with Crippen LogP contribution in [-0.2, 0) is 0 Å². The number of rotatable bonds is 5. The summed E-state index contributed by atoms with van der Waals surface area (Å²) in [6, 6.07) is 24.9. The maximum atomic E-state index is 12.6. The maximum Gasteiger partial charge on any atom is 0.255 e. The van der Waals surface area contributed by atoms with Crippen LogP contribution in [0.4, 0.5) is 17.1 Å². The van der Waals surface area contributed by atoms with Gasteiger partial charge in [-0.25, -0.2) is 4.98 Å². The van der Waals surface area contributed by atoms with Crippen molar-refractivity contribution in [3.63, 3.8) is 0 Å². The number of imidazole rings is 1. The molecule has 0 aliphatic heterocycles. The van der Waals surface area contributed by atoms with Gasteiger partial charge in [-0.15, -0.1) is 0 Å². The Morgan fingerprint density at radius 1 is 0.806 bits per heavy atom. The molecule has 36 heavy (non-hydrogen) atoms. The molecule has 178 valence electrons. The third-order valence-corrected chi connectivity index (χ3v) is 6.14. The van der Waals surface area contributed by atoms with E-state index in [1.807, 2.05) is 43.3 Å². The number of H-pyrrole nitrogens is 1. The number of nitrogen functional groups attached to an aromatic ring is 1. The molecule has 0 atom stereocenters. The van der Waals surface area contributed by atoms with E-state index in [2.05, 4.69) is 20.6 Å². The zero-order chi connectivity index (χ0) is 25.2. The molecule has 5 rings (SSSR count). The van der Waals surface area contributed by atoms with Gasteiger partial charge in [0.1, 0.15) is 5.82 Å². The molecule has 0 fully saturated rings. The second kappa shape index (κ2) is 9.56. The van der Waals surface area contributed by atoms with Gasteiger partial charge in [0.15, 0.2) is 0 Å². The number of fused-ring (bicyclic) bond motifs is 1. The number of amides is 2. The van der Waals surface area contributed by atoms with Crippen molar-refractivity contribution in [2.24, 2.45) is 0 Å². The third kappa shape index (κ3) is 4.78. The van der Waals surface area contributed by atoms with Gasteiger partial charge < -0.3 is 21.4 Å². The van der Waals surface area contributed by atoms with Crippen LogP contribution in [0.1, 0.15) is 26.3 Å². The normalized spacial score (nSPS) is 10.8. The molecule has 0 saturated heterocycles. The number of carbonyl (C=O) groups excluding carboxylic acids is 2. The number of nitrogens with one attached hydrogen (secondary N) is 3. The summed E-state index contributed by atoms with van der Waals surface area (Å²) in [5.74, 6) is 0.149. The summed E-state index contributed by atoms with van der Waals surface area (Å²) in [7, 11) is 0. The highest BCUT2D eigenvalue weighted by atomic mass is 35.5. The molecule has 0 saturated carbocycles. The second-order valence-electron chi connectivity index (χ2n) is 8.38. The Kier molecular flexibility index (Phi) is 6.14. The van der Waals surface area contributed by atoms with Crippen molar-refractivity contribution in [1.29, 1.82) is 0 Å². The monoisotopic (exact) mass is 495 g/mol. The zero-order valence-electron chi connectivity index (χ0n) is 19.3. The summed E-state index contributed by atoms with van der Waals surface area (Å²) < 4.78 is 0. The number of hydrogen-bond acceptors (Lipinski definition) is 4. The predicted octanol–water partition coefficient (Wildman–Crippen LogP) is 6.28. The molecule has 1 aromatic heterocycles. The lowest BCUT2D eigenvalue weighted by Crippen LogP contribution is -2.12. The molecule has 8 heteroatoms. The van der Waals surface area contributed by atoms with Gasteiger partial charge in [0.05, 0.1) is 21.7 Å². The van der Waals surface area contributed by atoms with Crippen LogP contribution in [0.3, 0.4) is 0 Å². The van der Waals surface area contributed by atoms with Gasteiger partial charge in [-0.05, 0) is 79.7 Å². The summed E-state index contributed by atoms with van der Waals surface area (Å²) in [6.45, 7) is 1.98. The van der Waals surface area contributed by atoms with E-state index in [-0.39, 0.29) is 11.8 Å². The molecule has 5 aromatic rings. The Labute approximate surface area is 212 Å². The predicted molar refractivity (Wildman–Crippen MR) is 144 cm³/mol. The number of aryl methyl sites for hydroxylation is 1. The molecule has 0 aliphatic rings. The van der Waals surface area contributed by atoms with Crippen molar-refractivity contribution in [2.75, 3.05) is 16.4 Å². The van der Waals surface area contributed by atoms with Crippen LogP contribution in [0.2, 0.25) is 5.02 Å². The third-order valence-electron chi connectivity index (χ3n) is 5.75. The van der Waals surface area contributed by atoms with E-state index in [9.17, 15) is 9.59 Å². The number of nitrogens with two attached hydrogens (primary N) is 1. The van der Waals surface area contributed by atoms with Crippen LogP contribution in [0.25, 0.3) is 22.4 Å². The van der Waals surface area contributed by atoms with Gasteiger partial charge in [0, 0.05) is 28.1 Å². The van der Waals surface area contributed by atoms with Gasteiger partial charge in [-0.2, -0.15) is 0 Å². The number of aromatic amines is 1.